The molecular formula is C16H15ClFNO2. The second kappa shape index (κ2) is 6.59. The van der Waals surface area contributed by atoms with Crippen molar-refractivity contribution in [2.75, 3.05) is 5.32 Å². The Kier molecular flexibility index (Phi) is 4.81. The number of carbonyl (C=O) groups is 1. The summed E-state index contributed by atoms with van der Waals surface area (Å²) >= 11 is 5.66. The van der Waals surface area contributed by atoms with Crippen molar-refractivity contribution < 1.29 is 13.9 Å². The molecule has 0 aromatic heterocycles. The van der Waals surface area contributed by atoms with Crippen molar-refractivity contribution in [2.24, 2.45) is 0 Å². The minimum Gasteiger partial charge on any atom is -0.481 e. The molecule has 21 heavy (non-hydrogen) atoms. The number of halogens is 2. The summed E-state index contributed by atoms with van der Waals surface area (Å²) in [5.41, 5.74) is 1.13. The molecule has 0 fully saturated rings. The second-order valence-electron chi connectivity index (χ2n) is 4.66. The van der Waals surface area contributed by atoms with Crippen LogP contribution in [0.2, 0.25) is 5.02 Å². The van der Waals surface area contributed by atoms with Gasteiger partial charge in [-0.25, -0.2) is 4.39 Å². The Bertz CT molecular complexity index is 643. The molecule has 5 heteroatoms. The van der Waals surface area contributed by atoms with Crippen molar-refractivity contribution in [2.45, 2.75) is 20.0 Å². The van der Waals surface area contributed by atoms with Crippen LogP contribution in [0.1, 0.15) is 12.5 Å². The van der Waals surface area contributed by atoms with Crippen LogP contribution in [0.15, 0.2) is 42.5 Å². The fraction of sp³-hybridized carbons (Fsp3) is 0.188. The molecule has 1 N–H and O–H groups in total. The Morgan fingerprint density at radius 3 is 2.57 bits per heavy atom. The number of carbonyl (C=O) groups excluding carboxylic acids is 1. The molecule has 2 aromatic rings. The van der Waals surface area contributed by atoms with Crippen LogP contribution < -0.4 is 10.1 Å². The Morgan fingerprint density at radius 1 is 1.24 bits per heavy atom. The normalized spacial score (nSPS) is 11.8. The third-order valence-corrected chi connectivity index (χ3v) is 3.20. The number of amides is 1. The van der Waals surface area contributed by atoms with E-state index in [4.69, 9.17) is 16.3 Å². The zero-order valence-electron chi connectivity index (χ0n) is 11.7. The van der Waals surface area contributed by atoms with Crippen molar-refractivity contribution in [3.8, 4) is 5.75 Å². The predicted octanol–water partition coefficient (Wildman–Crippen LogP) is 4.19. The van der Waals surface area contributed by atoms with Gasteiger partial charge in [0.25, 0.3) is 5.91 Å². The highest BCUT2D eigenvalue weighted by Crippen LogP contribution is 2.22. The molecule has 3 nitrogen and oxygen atoms in total. The van der Waals surface area contributed by atoms with Gasteiger partial charge in [0.15, 0.2) is 11.9 Å². The fourth-order valence-corrected chi connectivity index (χ4v) is 1.88. The Balaban J connectivity index is 2.02. The third kappa shape index (κ3) is 3.95. The lowest BCUT2D eigenvalue weighted by molar-refractivity contribution is -0.122. The lowest BCUT2D eigenvalue weighted by atomic mass is 10.2. The van der Waals surface area contributed by atoms with E-state index in [2.05, 4.69) is 5.32 Å². The molecule has 2 rings (SSSR count). The Labute approximate surface area is 127 Å². The van der Waals surface area contributed by atoms with Crippen LogP contribution in [-0.2, 0) is 4.79 Å². The van der Waals surface area contributed by atoms with Crippen LogP contribution >= 0.6 is 11.6 Å². The summed E-state index contributed by atoms with van der Waals surface area (Å²) in [6.45, 7) is 3.56. The molecule has 1 amide bonds. The van der Waals surface area contributed by atoms with Gasteiger partial charge in [-0.2, -0.15) is 0 Å². The summed E-state index contributed by atoms with van der Waals surface area (Å²) in [6.07, 6.45) is -0.758. The van der Waals surface area contributed by atoms with Gasteiger partial charge in [-0.05, 0) is 38.1 Å². The first-order valence-electron chi connectivity index (χ1n) is 6.45. The average molecular weight is 308 g/mol. The van der Waals surface area contributed by atoms with Gasteiger partial charge < -0.3 is 10.1 Å². The summed E-state index contributed by atoms with van der Waals surface area (Å²) < 4.78 is 19.2. The summed E-state index contributed by atoms with van der Waals surface area (Å²) in [5.74, 6) is -0.526. The van der Waals surface area contributed by atoms with Gasteiger partial charge in [0.2, 0.25) is 0 Å². The minimum absolute atomic E-state index is 0.0341. The van der Waals surface area contributed by atoms with Crippen LogP contribution in [0.3, 0.4) is 0 Å². The maximum absolute atomic E-state index is 13.7. The molecule has 0 radical (unpaired) electrons. The van der Waals surface area contributed by atoms with E-state index in [0.29, 0.717) is 5.75 Å². The highest BCUT2D eigenvalue weighted by Gasteiger charge is 2.17. The number of ether oxygens (including phenoxy) is 1. The van der Waals surface area contributed by atoms with Crippen LogP contribution in [0.4, 0.5) is 10.1 Å². The van der Waals surface area contributed by atoms with Crippen molar-refractivity contribution in [3.05, 3.63) is 58.9 Å². The average Bonchev–Trinajstić information content (AvgIpc) is 2.46. The van der Waals surface area contributed by atoms with Crippen molar-refractivity contribution >= 4 is 23.2 Å². The van der Waals surface area contributed by atoms with Gasteiger partial charge in [0, 0.05) is 0 Å². The monoisotopic (exact) mass is 307 g/mol. The summed E-state index contributed by atoms with van der Waals surface area (Å²) in [6, 6.07) is 11.7. The predicted molar refractivity (Wildman–Crippen MR) is 81.3 cm³/mol. The van der Waals surface area contributed by atoms with E-state index in [9.17, 15) is 9.18 Å². The topological polar surface area (TPSA) is 38.3 Å². The molecule has 0 aliphatic carbocycles. The molecule has 0 saturated carbocycles. The summed E-state index contributed by atoms with van der Waals surface area (Å²) in [5, 5.41) is 2.42. The summed E-state index contributed by atoms with van der Waals surface area (Å²) in [7, 11) is 0. The second-order valence-corrected chi connectivity index (χ2v) is 5.07. The van der Waals surface area contributed by atoms with Gasteiger partial charge in [-0.1, -0.05) is 35.4 Å². The lowest BCUT2D eigenvalue weighted by Gasteiger charge is -2.15. The first kappa shape index (κ1) is 15.3. The number of hydrogen-bond donors (Lipinski definition) is 1. The molecule has 0 heterocycles. The van der Waals surface area contributed by atoms with Crippen molar-refractivity contribution in [1.82, 2.24) is 0 Å². The standard InChI is InChI=1S/C16H15ClFNO2/c1-10-6-8-12(9-7-10)21-11(2)16(20)19-14-5-3-4-13(17)15(14)18/h3-9,11H,1-2H3,(H,19,20). The zero-order valence-corrected chi connectivity index (χ0v) is 12.4. The van der Waals surface area contributed by atoms with Gasteiger partial charge in [0.05, 0.1) is 10.7 Å². The molecular weight excluding hydrogens is 293 g/mol. The quantitative estimate of drug-likeness (QED) is 0.919. The molecule has 1 atom stereocenters. The van der Waals surface area contributed by atoms with E-state index in [1.165, 1.54) is 12.1 Å². The largest absolute Gasteiger partial charge is 0.481 e. The molecule has 0 aliphatic rings. The van der Waals surface area contributed by atoms with Gasteiger partial charge in [-0.3, -0.25) is 4.79 Å². The summed E-state index contributed by atoms with van der Waals surface area (Å²) in [4.78, 5) is 12.0. The molecule has 0 saturated heterocycles. The maximum Gasteiger partial charge on any atom is 0.265 e. The molecule has 0 spiro atoms. The van der Waals surface area contributed by atoms with E-state index in [1.807, 2.05) is 19.1 Å². The number of benzene rings is 2. The zero-order chi connectivity index (χ0) is 15.4. The first-order chi connectivity index (χ1) is 9.97. The number of hydrogen-bond acceptors (Lipinski definition) is 2. The molecule has 1 unspecified atom stereocenters. The third-order valence-electron chi connectivity index (χ3n) is 2.91. The highest BCUT2D eigenvalue weighted by molar-refractivity contribution is 6.31. The highest BCUT2D eigenvalue weighted by atomic mass is 35.5. The molecule has 2 aromatic carbocycles. The van der Waals surface area contributed by atoms with Crippen LogP contribution in [0.5, 0.6) is 5.75 Å². The van der Waals surface area contributed by atoms with Gasteiger partial charge in [0.1, 0.15) is 5.75 Å². The van der Waals surface area contributed by atoms with E-state index in [-0.39, 0.29) is 10.7 Å². The van der Waals surface area contributed by atoms with E-state index in [0.717, 1.165) is 5.56 Å². The molecule has 0 aliphatic heterocycles. The molecule has 0 bridgehead atoms. The minimum atomic E-state index is -0.758. The number of rotatable bonds is 4. The van der Waals surface area contributed by atoms with Crippen LogP contribution in [0, 0.1) is 12.7 Å². The van der Waals surface area contributed by atoms with E-state index in [1.54, 1.807) is 25.1 Å². The lowest BCUT2D eigenvalue weighted by Crippen LogP contribution is -2.30. The van der Waals surface area contributed by atoms with Gasteiger partial charge >= 0.3 is 0 Å². The van der Waals surface area contributed by atoms with E-state index < -0.39 is 17.8 Å². The van der Waals surface area contributed by atoms with Crippen LogP contribution in [-0.4, -0.2) is 12.0 Å². The number of aryl methyl sites for hydroxylation is 1. The van der Waals surface area contributed by atoms with Crippen LogP contribution in [0.25, 0.3) is 0 Å². The van der Waals surface area contributed by atoms with Gasteiger partial charge in [-0.15, -0.1) is 0 Å². The smallest absolute Gasteiger partial charge is 0.265 e. The van der Waals surface area contributed by atoms with Crippen molar-refractivity contribution in [3.63, 3.8) is 0 Å². The number of anilines is 1. The molecule has 110 valence electrons. The van der Waals surface area contributed by atoms with Crippen molar-refractivity contribution in [1.29, 1.82) is 0 Å². The first-order valence-corrected chi connectivity index (χ1v) is 6.83. The van der Waals surface area contributed by atoms with E-state index >= 15 is 0 Å². The Hall–Kier alpha value is -2.07. The Morgan fingerprint density at radius 2 is 1.90 bits per heavy atom. The number of nitrogens with one attached hydrogen (secondary N) is 1. The fourth-order valence-electron chi connectivity index (χ4n) is 1.71. The maximum atomic E-state index is 13.7. The SMILES string of the molecule is Cc1ccc(OC(C)C(=O)Nc2cccc(Cl)c2F)cc1.